The highest BCUT2D eigenvalue weighted by Crippen LogP contribution is 2.21. The van der Waals surface area contributed by atoms with Gasteiger partial charge in [-0.3, -0.25) is 9.89 Å². The Balaban J connectivity index is 2.11. The van der Waals surface area contributed by atoms with E-state index in [4.69, 9.17) is 16.7 Å². The molecular weight excluding hydrogens is 228 g/mol. The summed E-state index contributed by atoms with van der Waals surface area (Å²) in [5.74, 6) is -0.760. The first-order valence-electron chi connectivity index (χ1n) is 5.01. The number of benzene rings is 1. The highest BCUT2D eigenvalue weighted by Gasteiger charge is 2.04. The maximum atomic E-state index is 10.4. The predicted molar refractivity (Wildman–Crippen MR) is 61.7 cm³/mol. The summed E-state index contributed by atoms with van der Waals surface area (Å²) in [4.78, 5) is 10.4. The number of hydrogen-bond donors (Lipinski definition) is 2. The highest BCUT2D eigenvalue weighted by atomic mass is 35.5. The first kappa shape index (κ1) is 11.0. The summed E-state index contributed by atoms with van der Waals surface area (Å²) in [5.41, 5.74) is 1.90. The predicted octanol–water partition coefficient (Wildman–Crippen LogP) is 2.62. The molecule has 4 nitrogen and oxygen atoms in total. The second-order valence-corrected chi connectivity index (χ2v) is 4.01. The number of nitrogens with zero attached hydrogens (tertiary/aromatic N) is 1. The number of H-pyrrole nitrogens is 1. The topological polar surface area (TPSA) is 66.0 Å². The van der Waals surface area contributed by atoms with E-state index < -0.39 is 5.97 Å². The Bertz CT molecular complexity index is 522. The molecule has 0 bridgehead atoms. The van der Waals surface area contributed by atoms with E-state index in [2.05, 4.69) is 10.2 Å². The van der Waals surface area contributed by atoms with Crippen molar-refractivity contribution >= 4 is 28.5 Å². The van der Waals surface area contributed by atoms with Crippen molar-refractivity contribution in [2.24, 2.45) is 0 Å². The van der Waals surface area contributed by atoms with Crippen molar-refractivity contribution in [1.82, 2.24) is 10.2 Å². The number of carboxylic acids is 1. The lowest BCUT2D eigenvalue weighted by Gasteiger charge is -1.99. The van der Waals surface area contributed by atoms with Crippen LogP contribution in [-0.2, 0) is 11.2 Å². The largest absolute Gasteiger partial charge is 0.481 e. The van der Waals surface area contributed by atoms with Crippen LogP contribution in [0.25, 0.3) is 10.9 Å². The van der Waals surface area contributed by atoms with E-state index in [0.29, 0.717) is 11.6 Å². The third-order valence-electron chi connectivity index (χ3n) is 2.43. The number of hydrogen-bond acceptors (Lipinski definition) is 2. The molecule has 1 aromatic carbocycles. The zero-order chi connectivity index (χ0) is 11.5. The number of aromatic nitrogens is 2. The van der Waals surface area contributed by atoms with Gasteiger partial charge in [0, 0.05) is 11.8 Å². The molecule has 5 heteroatoms. The molecule has 1 heterocycles. The first-order valence-corrected chi connectivity index (χ1v) is 5.39. The molecule has 0 fully saturated rings. The van der Waals surface area contributed by atoms with Crippen LogP contribution >= 0.6 is 11.6 Å². The van der Waals surface area contributed by atoms with Crippen LogP contribution in [0, 0.1) is 0 Å². The van der Waals surface area contributed by atoms with Gasteiger partial charge in [0.05, 0.1) is 5.52 Å². The van der Waals surface area contributed by atoms with Crippen LogP contribution in [0.2, 0.25) is 5.15 Å². The van der Waals surface area contributed by atoms with Crippen LogP contribution in [-0.4, -0.2) is 21.3 Å². The van der Waals surface area contributed by atoms with Crippen molar-refractivity contribution in [3.05, 3.63) is 28.9 Å². The second-order valence-electron chi connectivity index (χ2n) is 3.64. The van der Waals surface area contributed by atoms with E-state index in [1.54, 1.807) is 0 Å². The first-order chi connectivity index (χ1) is 7.66. The Morgan fingerprint density at radius 2 is 2.31 bits per heavy atom. The fraction of sp³-hybridized carbons (Fsp3) is 0.273. The quantitative estimate of drug-likeness (QED) is 0.861. The van der Waals surface area contributed by atoms with Crippen LogP contribution < -0.4 is 0 Å². The number of carboxylic acid groups (broad SMARTS) is 1. The van der Waals surface area contributed by atoms with Crippen LogP contribution in [0.1, 0.15) is 18.4 Å². The summed E-state index contributed by atoms with van der Waals surface area (Å²) >= 11 is 5.88. The zero-order valence-corrected chi connectivity index (χ0v) is 9.29. The summed E-state index contributed by atoms with van der Waals surface area (Å²) in [6.45, 7) is 0. The van der Waals surface area contributed by atoms with Gasteiger partial charge < -0.3 is 5.11 Å². The number of aliphatic carboxylic acids is 1. The monoisotopic (exact) mass is 238 g/mol. The summed E-state index contributed by atoms with van der Waals surface area (Å²) in [6.07, 6.45) is 1.57. The Kier molecular flexibility index (Phi) is 3.10. The van der Waals surface area contributed by atoms with Gasteiger partial charge in [-0.15, -0.1) is 0 Å². The zero-order valence-electron chi connectivity index (χ0n) is 8.53. The number of nitrogens with one attached hydrogen (secondary N) is 1. The highest BCUT2D eigenvalue weighted by molar-refractivity contribution is 6.34. The molecule has 2 N–H and O–H groups in total. The molecule has 0 radical (unpaired) electrons. The van der Waals surface area contributed by atoms with E-state index in [-0.39, 0.29) is 6.42 Å². The molecule has 2 aromatic rings. The Hall–Kier alpha value is -1.55. The normalized spacial score (nSPS) is 10.8. The third kappa shape index (κ3) is 2.33. The van der Waals surface area contributed by atoms with Crippen molar-refractivity contribution in [1.29, 1.82) is 0 Å². The van der Waals surface area contributed by atoms with E-state index in [0.717, 1.165) is 22.9 Å². The van der Waals surface area contributed by atoms with Crippen molar-refractivity contribution in [2.75, 3.05) is 0 Å². The van der Waals surface area contributed by atoms with E-state index in [1.165, 1.54) is 0 Å². The molecule has 0 aliphatic carbocycles. The average Bonchev–Trinajstić information content (AvgIpc) is 2.60. The lowest BCUT2D eigenvalue weighted by molar-refractivity contribution is -0.137. The fourth-order valence-corrected chi connectivity index (χ4v) is 1.83. The summed E-state index contributed by atoms with van der Waals surface area (Å²) in [5, 5.41) is 16.7. The van der Waals surface area contributed by atoms with Crippen molar-refractivity contribution in [3.8, 4) is 0 Å². The minimum atomic E-state index is -0.760. The Labute approximate surface area is 97.2 Å². The van der Waals surface area contributed by atoms with Gasteiger partial charge in [-0.2, -0.15) is 5.10 Å². The number of carbonyl (C=O) groups is 1. The molecule has 0 spiro atoms. The molecule has 0 amide bonds. The van der Waals surface area contributed by atoms with Crippen LogP contribution in [0.5, 0.6) is 0 Å². The summed E-state index contributed by atoms with van der Waals surface area (Å²) in [6, 6.07) is 5.78. The molecule has 0 aliphatic rings. The minimum Gasteiger partial charge on any atom is -0.481 e. The number of aromatic amines is 1. The number of aryl methyl sites for hydroxylation is 1. The van der Waals surface area contributed by atoms with Gasteiger partial charge in [0.1, 0.15) is 5.15 Å². The minimum absolute atomic E-state index is 0.194. The second kappa shape index (κ2) is 4.53. The lowest BCUT2D eigenvalue weighted by Crippen LogP contribution is -1.95. The number of rotatable bonds is 4. The molecule has 0 aliphatic heterocycles. The van der Waals surface area contributed by atoms with Crippen LogP contribution in [0.4, 0.5) is 0 Å². The Morgan fingerprint density at radius 1 is 1.50 bits per heavy atom. The third-order valence-corrected chi connectivity index (χ3v) is 2.72. The van der Waals surface area contributed by atoms with Gasteiger partial charge in [-0.1, -0.05) is 17.7 Å². The molecule has 0 unspecified atom stereocenters. The molecule has 0 saturated heterocycles. The molecule has 84 valence electrons. The van der Waals surface area contributed by atoms with Gasteiger partial charge in [0.25, 0.3) is 0 Å². The standard InChI is InChI=1S/C11H11ClN2O2/c12-11-8-5-4-7(2-1-3-10(15)16)6-9(8)13-14-11/h4-6H,1-3H2,(H,13,14)(H,15,16). The van der Waals surface area contributed by atoms with Crippen molar-refractivity contribution in [3.63, 3.8) is 0 Å². The molecular formula is C11H11ClN2O2. The van der Waals surface area contributed by atoms with Crippen molar-refractivity contribution in [2.45, 2.75) is 19.3 Å². The summed E-state index contributed by atoms with van der Waals surface area (Å²) < 4.78 is 0. The van der Waals surface area contributed by atoms with Crippen molar-refractivity contribution < 1.29 is 9.90 Å². The van der Waals surface area contributed by atoms with Gasteiger partial charge in [0.15, 0.2) is 0 Å². The molecule has 0 atom stereocenters. The van der Waals surface area contributed by atoms with Gasteiger partial charge >= 0.3 is 5.97 Å². The van der Waals surface area contributed by atoms with Gasteiger partial charge in [-0.25, -0.2) is 0 Å². The van der Waals surface area contributed by atoms with E-state index >= 15 is 0 Å². The SMILES string of the molecule is O=C(O)CCCc1ccc2c(Cl)[nH]nc2c1. The van der Waals surface area contributed by atoms with Crippen LogP contribution in [0.3, 0.4) is 0 Å². The van der Waals surface area contributed by atoms with E-state index in [9.17, 15) is 4.79 Å². The summed E-state index contributed by atoms with van der Waals surface area (Å²) in [7, 11) is 0. The van der Waals surface area contributed by atoms with Gasteiger partial charge in [-0.05, 0) is 30.5 Å². The lowest BCUT2D eigenvalue weighted by atomic mass is 10.1. The van der Waals surface area contributed by atoms with Crippen LogP contribution in [0.15, 0.2) is 18.2 Å². The number of fused-ring (bicyclic) bond motifs is 1. The molecule has 0 saturated carbocycles. The maximum Gasteiger partial charge on any atom is 0.303 e. The smallest absolute Gasteiger partial charge is 0.303 e. The van der Waals surface area contributed by atoms with E-state index in [1.807, 2.05) is 18.2 Å². The molecule has 16 heavy (non-hydrogen) atoms. The number of halogens is 1. The Morgan fingerprint density at radius 3 is 3.06 bits per heavy atom. The molecule has 2 rings (SSSR count). The average molecular weight is 239 g/mol. The molecule has 1 aromatic heterocycles. The fourth-order valence-electron chi connectivity index (χ4n) is 1.62. The van der Waals surface area contributed by atoms with Gasteiger partial charge in [0.2, 0.25) is 0 Å². The maximum absolute atomic E-state index is 10.4.